The van der Waals surface area contributed by atoms with E-state index in [4.69, 9.17) is 5.73 Å². The molecule has 15 heavy (non-hydrogen) atoms. The van der Waals surface area contributed by atoms with Crippen molar-refractivity contribution in [3.8, 4) is 0 Å². The average Bonchev–Trinajstić information content (AvgIpc) is 2.17. The van der Waals surface area contributed by atoms with E-state index < -0.39 is 0 Å². The molecule has 1 aromatic carbocycles. The smallest absolute Gasteiger partial charge is 0.00839 e. The van der Waals surface area contributed by atoms with Gasteiger partial charge in [-0.1, -0.05) is 35.4 Å². The Morgan fingerprint density at radius 1 is 0.933 bits per heavy atom. The monoisotopic (exact) mass is 199 g/mol. The first kappa shape index (κ1) is 10.0. The van der Waals surface area contributed by atoms with Gasteiger partial charge in [0.05, 0.1) is 0 Å². The predicted octanol–water partition coefficient (Wildman–Crippen LogP) is 3.32. The molecule has 1 heteroatoms. The van der Waals surface area contributed by atoms with Crippen LogP contribution in [0.3, 0.4) is 0 Å². The van der Waals surface area contributed by atoms with E-state index in [-0.39, 0.29) is 0 Å². The molecule has 0 bridgehead atoms. The third-order valence-electron chi connectivity index (χ3n) is 2.77. The molecule has 0 amide bonds. The third-order valence-corrected chi connectivity index (χ3v) is 2.77. The third kappa shape index (κ3) is 2.30. The normalized spacial score (nSPS) is 15.9. The van der Waals surface area contributed by atoms with Crippen molar-refractivity contribution in [3.63, 3.8) is 0 Å². The van der Waals surface area contributed by atoms with E-state index in [0.717, 1.165) is 18.5 Å². The summed E-state index contributed by atoms with van der Waals surface area (Å²) in [5.74, 6) is 0. The second kappa shape index (κ2) is 3.93. The lowest BCUT2D eigenvalue weighted by Gasteiger charge is -2.13. The lowest BCUT2D eigenvalue weighted by atomic mass is 9.94. The Balaban J connectivity index is 2.38. The Hall–Kier alpha value is -1.50. The summed E-state index contributed by atoms with van der Waals surface area (Å²) < 4.78 is 0. The van der Waals surface area contributed by atoms with Crippen LogP contribution in [0.2, 0.25) is 0 Å². The molecule has 1 aliphatic rings. The van der Waals surface area contributed by atoms with Gasteiger partial charge in [0.2, 0.25) is 0 Å². The maximum absolute atomic E-state index is 5.75. The van der Waals surface area contributed by atoms with Crippen LogP contribution >= 0.6 is 0 Å². The van der Waals surface area contributed by atoms with Gasteiger partial charge in [-0.05, 0) is 43.9 Å². The summed E-state index contributed by atoms with van der Waals surface area (Å²) in [4.78, 5) is 0. The highest BCUT2D eigenvalue weighted by Crippen LogP contribution is 2.26. The summed E-state index contributed by atoms with van der Waals surface area (Å²) in [6, 6.07) is 6.69. The van der Waals surface area contributed by atoms with Crippen molar-refractivity contribution in [2.75, 3.05) is 0 Å². The summed E-state index contributed by atoms with van der Waals surface area (Å²) in [7, 11) is 0. The highest BCUT2D eigenvalue weighted by atomic mass is 14.6. The maximum atomic E-state index is 5.75. The molecule has 2 N–H and O–H groups in total. The number of rotatable bonds is 1. The van der Waals surface area contributed by atoms with E-state index in [1.807, 2.05) is 6.08 Å². The fraction of sp³-hybridized carbons (Fsp3) is 0.286. The van der Waals surface area contributed by atoms with Gasteiger partial charge in [-0.3, -0.25) is 0 Å². The molecule has 0 saturated carbocycles. The van der Waals surface area contributed by atoms with E-state index in [1.165, 1.54) is 22.3 Å². The Kier molecular flexibility index (Phi) is 2.63. The molecule has 0 radical (unpaired) electrons. The predicted molar refractivity (Wildman–Crippen MR) is 65.4 cm³/mol. The van der Waals surface area contributed by atoms with Gasteiger partial charge in [-0.15, -0.1) is 0 Å². The van der Waals surface area contributed by atoms with Gasteiger partial charge in [0, 0.05) is 5.70 Å². The number of aryl methyl sites for hydroxylation is 2. The standard InChI is InChI=1S/C14H17N/c1-10-7-11(2)9-13(8-10)12-3-5-14(15)6-4-12/h3,5,7-9H,4,6,15H2,1-2H3. The molecule has 0 unspecified atom stereocenters. The molecule has 0 aliphatic heterocycles. The van der Waals surface area contributed by atoms with Crippen molar-refractivity contribution in [2.45, 2.75) is 26.7 Å². The van der Waals surface area contributed by atoms with E-state index in [9.17, 15) is 0 Å². The molecule has 1 aliphatic carbocycles. The van der Waals surface area contributed by atoms with Gasteiger partial charge in [-0.25, -0.2) is 0 Å². The quantitative estimate of drug-likeness (QED) is 0.737. The highest BCUT2D eigenvalue weighted by molar-refractivity contribution is 5.69. The minimum absolute atomic E-state index is 0.985. The first-order valence-corrected chi connectivity index (χ1v) is 5.39. The molecule has 0 saturated heterocycles. The number of allylic oxidation sites excluding steroid dienone is 4. The zero-order valence-electron chi connectivity index (χ0n) is 9.38. The maximum Gasteiger partial charge on any atom is 0.00839 e. The first-order valence-electron chi connectivity index (χ1n) is 5.39. The van der Waals surface area contributed by atoms with Crippen LogP contribution in [0.25, 0.3) is 5.57 Å². The summed E-state index contributed by atoms with van der Waals surface area (Å²) >= 11 is 0. The molecule has 0 atom stereocenters. The highest BCUT2D eigenvalue weighted by Gasteiger charge is 2.06. The van der Waals surface area contributed by atoms with Gasteiger partial charge in [-0.2, -0.15) is 0 Å². The van der Waals surface area contributed by atoms with Crippen LogP contribution in [0.1, 0.15) is 29.5 Å². The van der Waals surface area contributed by atoms with E-state index in [0.29, 0.717) is 0 Å². The number of benzene rings is 1. The lowest BCUT2D eigenvalue weighted by molar-refractivity contribution is 0.958. The Morgan fingerprint density at radius 2 is 1.60 bits per heavy atom. The van der Waals surface area contributed by atoms with Gasteiger partial charge in [0.15, 0.2) is 0 Å². The van der Waals surface area contributed by atoms with E-state index >= 15 is 0 Å². The van der Waals surface area contributed by atoms with Crippen LogP contribution in [0.15, 0.2) is 36.0 Å². The van der Waals surface area contributed by atoms with Gasteiger partial charge in [0.25, 0.3) is 0 Å². The van der Waals surface area contributed by atoms with Crippen molar-refractivity contribution in [2.24, 2.45) is 5.73 Å². The molecular formula is C14H17N. The summed E-state index contributed by atoms with van der Waals surface area (Å²) in [5, 5.41) is 0. The van der Waals surface area contributed by atoms with E-state index in [2.05, 4.69) is 38.1 Å². The Labute approximate surface area is 91.3 Å². The van der Waals surface area contributed by atoms with Gasteiger partial charge < -0.3 is 5.73 Å². The van der Waals surface area contributed by atoms with Gasteiger partial charge in [0.1, 0.15) is 0 Å². The average molecular weight is 199 g/mol. The van der Waals surface area contributed by atoms with Crippen molar-refractivity contribution in [1.82, 2.24) is 0 Å². The van der Waals surface area contributed by atoms with Crippen LogP contribution in [0, 0.1) is 13.8 Å². The van der Waals surface area contributed by atoms with Crippen molar-refractivity contribution < 1.29 is 0 Å². The molecular weight excluding hydrogens is 182 g/mol. The molecule has 78 valence electrons. The lowest BCUT2D eigenvalue weighted by Crippen LogP contribution is -2.01. The van der Waals surface area contributed by atoms with Crippen LogP contribution in [-0.2, 0) is 0 Å². The second-order valence-corrected chi connectivity index (χ2v) is 4.31. The fourth-order valence-electron chi connectivity index (χ4n) is 2.05. The van der Waals surface area contributed by atoms with Crippen LogP contribution in [-0.4, -0.2) is 0 Å². The van der Waals surface area contributed by atoms with Crippen LogP contribution in [0.5, 0.6) is 0 Å². The first-order chi connectivity index (χ1) is 7.15. The largest absolute Gasteiger partial charge is 0.402 e. The number of hydrogen-bond acceptors (Lipinski definition) is 1. The molecule has 0 spiro atoms. The molecule has 0 aromatic heterocycles. The summed E-state index contributed by atoms with van der Waals surface area (Å²) in [6.07, 6.45) is 6.22. The SMILES string of the molecule is Cc1cc(C)cc(C2=CC=C(N)CC2)c1. The molecule has 2 rings (SSSR count). The molecule has 1 aromatic rings. The Morgan fingerprint density at radius 3 is 2.13 bits per heavy atom. The summed E-state index contributed by atoms with van der Waals surface area (Å²) in [6.45, 7) is 4.29. The molecule has 1 nitrogen and oxygen atoms in total. The molecule has 0 fully saturated rings. The van der Waals surface area contributed by atoms with Gasteiger partial charge >= 0.3 is 0 Å². The number of nitrogens with two attached hydrogens (primary N) is 1. The molecule has 0 heterocycles. The number of hydrogen-bond donors (Lipinski definition) is 1. The van der Waals surface area contributed by atoms with Crippen molar-refractivity contribution >= 4 is 5.57 Å². The zero-order valence-corrected chi connectivity index (χ0v) is 9.38. The second-order valence-electron chi connectivity index (χ2n) is 4.31. The minimum Gasteiger partial charge on any atom is -0.402 e. The van der Waals surface area contributed by atoms with Crippen molar-refractivity contribution in [3.05, 3.63) is 52.7 Å². The van der Waals surface area contributed by atoms with Crippen LogP contribution < -0.4 is 5.73 Å². The fourth-order valence-corrected chi connectivity index (χ4v) is 2.05. The van der Waals surface area contributed by atoms with E-state index in [1.54, 1.807) is 0 Å². The topological polar surface area (TPSA) is 26.0 Å². The summed E-state index contributed by atoms with van der Waals surface area (Å²) in [5.41, 5.74) is 12.1. The van der Waals surface area contributed by atoms with Crippen molar-refractivity contribution in [1.29, 1.82) is 0 Å². The zero-order chi connectivity index (χ0) is 10.8. The minimum atomic E-state index is 0.985. The Bertz CT molecular complexity index is 418. The van der Waals surface area contributed by atoms with Crippen LogP contribution in [0.4, 0.5) is 0 Å².